The van der Waals surface area contributed by atoms with E-state index in [-0.39, 0.29) is 23.1 Å². The van der Waals surface area contributed by atoms with Crippen molar-refractivity contribution in [1.29, 1.82) is 0 Å². The lowest BCUT2D eigenvalue weighted by molar-refractivity contribution is -0.116. The Kier molecular flexibility index (Phi) is 5.84. The highest BCUT2D eigenvalue weighted by Gasteiger charge is 2.25. The van der Waals surface area contributed by atoms with Crippen LogP contribution in [0.1, 0.15) is 45.1 Å². The molecule has 1 amide bonds. The van der Waals surface area contributed by atoms with Crippen LogP contribution in [0.15, 0.2) is 57.8 Å². The fourth-order valence-electron chi connectivity index (χ4n) is 3.14. The second-order valence-corrected chi connectivity index (χ2v) is 9.05. The van der Waals surface area contributed by atoms with Gasteiger partial charge in [-0.25, -0.2) is 0 Å². The van der Waals surface area contributed by atoms with E-state index in [1.807, 2.05) is 31.2 Å². The molecule has 3 rings (SSSR count). The minimum Gasteiger partial charge on any atom is -0.342 e. The number of carbonyl (C=O) groups is 1. The van der Waals surface area contributed by atoms with Crippen LogP contribution in [0, 0.1) is 5.92 Å². The lowest BCUT2D eigenvalue weighted by Gasteiger charge is -2.20. The molecule has 1 heterocycles. The van der Waals surface area contributed by atoms with Crippen molar-refractivity contribution in [3.05, 3.63) is 54.1 Å². The third-order valence-corrected chi connectivity index (χ3v) is 5.98. The maximum atomic E-state index is 12.3. The molecular formula is C21H25N3O3S. The van der Waals surface area contributed by atoms with E-state index in [1.54, 1.807) is 18.2 Å². The summed E-state index contributed by atoms with van der Waals surface area (Å²) in [6, 6.07) is 14.5. The van der Waals surface area contributed by atoms with Crippen molar-refractivity contribution in [3.63, 3.8) is 0 Å². The van der Waals surface area contributed by atoms with Crippen molar-refractivity contribution in [3.8, 4) is 0 Å². The molecule has 1 atom stereocenters. The number of sulfonamides is 1. The van der Waals surface area contributed by atoms with Crippen molar-refractivity contribution in [2.75, 3.05) is 10.6 Å². The molecule has 0 unspecified atom stereocenters. The van der Waals surface area contributed by atoms with E-state index < -0.39 is 10.0 Å². The summed E-state index contributed by atoms with van der Waals surface area (Å²) >= 11 is 0. The molecule has 6 nitrogen and oxygen atoms in total. The molecule has 0 bridgehead atoms. The normalized spacial score (nSPS) is 15.9. The van der Waals surface area contributed by atoms with Gasteiger partial charge in [-0.05, 0) is 41.7 Å². The highest BCUT2D eigenvalue weighted by Crippen LogP contribution is 2.28. The molecule has 2 aromatic carbocycles. The Balaban J connectivity index is 1.59. The monoisotopic (exact) mass is 399 g/mol. The Morgan fingerprint density at radius 2 is 1.75 bits per heavy atom. The lowest BCUT2D eigenvalue weighted by atomic mass is 10.0. The summed E-state index contributed by atoms with van der Waals surface area (Å²) in [7, 11) is -3.70. The van der Waals surface area contributed by atoms with Crippen LogP contribution >= 0.6 is 0 Å². The zero-order valence-electron chi connectivity index (χ0n) is 16.3. The molecule has 2 N–H and O–H groups in total. The van der Waals surface area contributed by atoms with E-state index in [0.717, 1.165) is 5.69 Å². The summed E-state index contributed by atoms with van der Waals surface area (Å²) in [5.41, 5.74) is 2.50. The molecule has 1 aliphatic heterocycles. The summed E-state index contributed by atoms with van der Waals surface area (Å²) in [6.45, 7) is 6.14. The van der Waals surface area contributed by atoms with E-state index in [2.05, 4.69) is 28.9 Å². The highest BCUT2D eigenvalue weighted by molar-refractivity contribution is 7.90. The maximum Gasteiger partial charge on any atom is 0.286 e. The number of hydrogen-bond acceptors (Lipinski definition) is 4. The number of para-hydroxylation sites is 1. The van der Waals surface area contributed by atoms with Crippen molar-refractivity contribution < 1.29 is 13.2 Å². The van der Waals surface area contributed by atoms with Gasteiger partial charge in [0.05, 0.1) is 5.69 Å². The Bertz CT molecular complexity index is 996. The molecule has 2 aromatic rings. The number of nitrogens with one attached hydrogen (secondary N) is 2. The lowest BCUT2D eigenvalue weighted by Crippen LogP contribution is -2.25. The molecule has 0 aromatic heterocycles. The average Bonchev–Trinajstić information content (AvgIpc) is 2.61. The second-order valence-electron chi connectivity index (χ2n) is 7.47. The third-order valence-electron chi connectivity index (χ3n) is 4.61. The van der Waals surface area contributed by atoms with Gasteiger partial charge in [0.15, 0.2) is 0 Å². The molecular weight excluding hydrogens is 374 g/mol. The van der Waals surface area contributed by atoms with Gasteiger partial charge in [-0.3, -0.25) is 4.79 Å². The molecule has 0 saturated heterocycles. The van der Waals surface area contributed by atoms with Crippen molar-refractivity contribution in [1.82, 2.24) is 0 Å². The molecule has 7 heteroatoms. The molecule has 0 fully saturated rings. The molecule has 0 spiro atoms. The first-order chi connectivity index (χ1) is 13.2. The smallest absolute Gasteiger partial charge is 0.286 e. The van der Waals surface area contributed by atoms with E-state index in [1.165, 1.54) is 11.6 Å². The fraction of sp³-hybridized carbons (Fsp3) is 0.333. The number of nitrogens with zero attached hydrogens (tertiary/aromatic N) is 1. The van der Waals surface area contributed by atoms with Gasteiger partial charge in [0, 0.05) is 18.5 Å². The van der Waals surface area contributed by atoms with Gasteiger partial charge in [-0.2, -0.15) is 8.42 Å². The first-order valence-corrected chi connectivity index (χ1v) is 10.8. The largest absolute Gasteiger partial charge is 0.342 e. The van der Waals surface area contributed by atoms with Crippen LogP contribution in [0.25, 0.3) is 0 Å². The predicted octanol–water partition coefficient (Wildman–Crippen LogP) is 4.38. The van der Waals surface area contributed by atoms with E-state index >= 15 is 0 Å². The van der Waals surface area contributed by atoms with Gasteiger partial charge in [-0.1, -0.05) is 45.0 Å². The van der Waals surface area contributed by atoms with E-state index in [9.17, 15) is 13.2 Å². The quantitative estimate of drug-likeness (QED) is 0.755. The standard InChI is InChI=1S/C21H25N3O3S/c1-14(2)16-8-10-17(11-9-16)22-21(25)13-15(3)12-20-23-18-6-4-5-7-19(18)28(26,27)24-20/h4-11,14-15H,12-13H2,1-3H3,(H,22,25)(H,23,24)/t15-/m1/s1. The number of rotatable bonds is 6. The van der Waals surface area contributed by atoms with Gasteiger partial charge >= 0.3 is 0 Å². The number of carbonyl (C=O) groups excluding carboxylic acids is 1. The first-order valence-electron chi connectivity index (χ1n) is 9.34. The number of benzene rings is 2. The molecule has 0 saturated carbocycles. The van der Waals surface area contributed by atoms with Crippen molar-refractivity contribution >= 4 is 33.1 Å². The van der Waals surface area contributed by atoms with Gasteiger partial charge in [0.1, 0.15) is 10.7 Å². The number of fused-ring (bicyclic) bond motifs is 1. The first kappa shape index (κ1) is 20.1. The second kappa shape index (κ2) is 8.14. The molecule has 1 aliphatic rings. The highest BCUT2D eigenvalue weighted by atomic mass is 32.2. The van der Waals surface area contributed by atoms with Gasteiger partial charge < -0.3 is 10.6 Å². The Morgan fingerprint density at radius 1 is 1.07 bits per heavy atom. The Hall–Kier alpha value is -2.67. The topological polar surface area (TPSA) is 87.6 Å². The van der Waals surface area contributed by atoms with Crippen LogP contribution in [-0.2, 0) is 14.8 Å². The maximum absolute atomic E-state index is 12.3. The summed E-state index contributed by atoms with van der Waals surface area (Å²) < 4.78 is 28.5. The minimum atomic E-state index is -3.70. The SMILES string of the molecule is CC(C)c1ccc(NC(=O)C[C@H](C)CC2=NS(=O)(=O)c3ccccc3N2)cc1. The fourth-order valence-corrected chi connectivity index (χ4v) is 4.29. The van der Waals surface area contributed by atoms with Gasteiger partial charge in [0.2, 0.25) is 5.91 Å². The summed E-state index contributed by atoms with van der Waals surface area (Å²) in [6.07, 6.45) is 0.640. The zero-order valence-corrected chi connectivity index (χ0v) is 17.1. The predicted molar refractivity (Wildman–Crippen MR) is 112 cm³/mol. The average molecular weight is 400 g/mol. The minimum absolute atomic E-state index is 0.0679. The van der Waals surface area contributed by atoms with Crippen LogP contribution < -0.4 is 10.6 Å². The molecule has 0 aliphatic carbocycles. The number of anilines is 2. The molecule has 148 valence electrons. The molecule has 0 radical (unpaired) electrons. The van der Waals surface area contributed by atoms with Crippen molar-refractivity contribution in [2.24, 2.45) is 10.3 Å². The number of amides is 1. The number of amidine groups is 1. The zero-order chi connectivity index (χ0) is 20.3. The van der Waals surface area contributed by atoms with Crippen LogP contribution in [0.5, 0.6) is 0 Å². The van der Waals surface area contributed by atoms with Gasteiger partial charge in [0.25, 0.3) is 10.0 Å². The van der Waals surface area contributed by atoms with E-state index in [0.29, 0.717) is 23.9 Å². The van der Waals surface area contributed by atoms with E-state index in [4.69, 9.17) is 0 Å². The van der Waals surface area contributed by atoms with Crippen LogP contribution in [0.3, 0.4) is 0 Å². The van der Waals surface area contributed by atoms with Crippen LogP contribution in [0.2, 0.25) is 0 Å². The Labute approximate surface area is 166 Å². The van der Waals surface area contributed by atoms with Crippen LogP contribution in [0.4, 0.5) is 11.4 Å². The summed E-state index contributed by atoms with van der Waals surface area (Å²) in [4.78, 5) is 12.5. The van der Waals surface area contributed by atoms with Crippen molar-refractivity contribution in [2.45, 2.75) is 44.4 Å². The third kappa shape index (κ3) is 4.78. The van der Waals surface area contributed by atoms with Gasteiger partial charge in [-0.15, -0.1) is 4.40 Å². The van der Waals surface area contributed by atoms with Crippen LogP contribution in [-0.4, -0.2) is 20.2 Å². The number of hydrogen-bond donors (Lipinski definition) is 2. The summed E-state index contributed by atoms with van der Waals surface area (Å²) in [5.74, 6) is 0.626. The summed E-state index contributed by atoms with van der Waals surface area (Å²) in [5, 5.41) is 5.95. The Morgan fingerprint density at radius 3 is 2.43 bits per heavy atom. The molecule has 28 heavy (non-hydrogen) atoms.